The van der Waals surface area contributed by atoms with Crippen LogP contribution >= 0.6 is 0 Å². The maximum Gasteiger partial charge on any atom is 0.408 e. The lowest BCUT2D eigenvalue weighted by atomic mass is 9.91. The lowest BCUT2D eigenvalue weighted by Gasteiger charge is -2.30. The van der Waals surface area contributed by atoms with Gasteiger partial charge in [0, 0.05) is 12.8 Å². The number of carbonyl (C=O) groups is 3. The first kappa shape index (κ1) is 23.9. The number of nitrogens with two attached hydrogens (primary N) is 1. The Balaban J connectivity index is 2.22. The lowest BCUT2D eigenvalue weighted by Crippen LogP contribution is -2.61. The monoisotopic (exact) mass is 425 g/mol. The second-order valence-corrected chi connectivity index (χ2v) is 8.74. The van der Waals surface area contributed by atoms with Gasteiger partial charge in [0.25, 0.3) is 0 Å². The van der Waals surface area contributed by atoms with E-state index in [-0.39, 0.29) is 12.8 Å². The molecule has 3 amide bonds. The van der Waals surface area contributed by atoms with Crippen LogP contribution in [0.5, 0.6) is 0 Å². The van der Waals surface area contributed by atoms with Gasteiger partial charge in [-0.3, -0.25) is 9.59 Å². The average molecular weight is 426 g/mol. The first-order valence-corrected chi connectivity index (χ1v) is 10.2. The predicted octanol–water partition coefficient (Wildman–Crippen LogP) is 2.73. The Morgan fingerprint density at radius 3 is 1.90 bits per heavy atom. The van der Waals surface area contributed by atoms with Crippen LogP contribution in [0.3, 0.4) is 0 Å². The van der Waals surface area contributed by atoms with Crippen LogP contribution in [-0.2, 0) is 27.2 Å². The molecule has 2 aromatic carbocycles. The number of carbonyl (C=O) groups excluding carboxylic acids is 3. The minimum atomic E-state index is -1.33. The van der Waals surface area contributed by atoms with Crippen molar-refractivity contribution in [3.8, 4) is 0 Å². The molecule has 0 spiro atoms. The maximum absolute atomic E-state index is 13.2. The second kappa shape index (κ2) is 10.1. The van der Waals surface area contributed by atoms with Gasteiger partial charge in [-0.25, -0.2) is 4.79 Å². The molecule has 166 valence electrons. The third-order valence-electron chi connectivity index (χ3n) is 4.63. The van der Waals surface area contributed by atoms with E-state index in [0.29, 0.717) is 0 Å². The van der Waals surface area contributed by atoms with Crippen LogP contribution in [0, 0.1) is 0 Å². The summed E-state index contributed by atoms with van der Waals surface area (Å²) in [4.78, 5) is 37.8. The minimum Gasteiger partial charge on any atom is -0.444 e. The van der Waals surface area contributed by atoms with Crippen LogP contribution in [0.4, 0.5) is 4.79 Å². The van der Waals surface area contributed by atoms with E-state index in [2.05, 4.69) is 10.6 Å². The fourth-order valence-electron chi connectivity index (χ4n) is 3.06. The van der Waals surface area contributed by atoms with Crippen LogP contribution in [0.1, 0.15) is 38.8 Å². The van der Waals surface area contributed by atoms with E-state index < -0.39 is 35.1 Å². The summed E-state index contributed by atoms with van der Waals surface area (Å²) in [5.74, 6) is -1.19. The number of amides is 3. The van der Waals surface area contributed by atoms with E-state index in [1.807, 2.05) is 60.7 Å². The molecule has 0 saturated heterocycles. The molecule has 2 atom stereocenters. The molecule has 0 heterocycles. The fraction of sp³-hybridized carbons (Fsp3) is 0.375. The van der Waals surface area contributed by atoms with Crippen molar-refractivity contribution in [1.82, 2.24) is 10.6 Å². The highest BCUT2D eigenvalue weighted by Crippen LogP contribution is 2.15. The van der Waals surface area contributed by atoms with Gasteiger partial charge in [-0.15, -0.1) is 0 Å². The molecule has 0 aliphatic rings. The Bertz CT molecular complexity index is 894. The van der Waals surface area contributed by atoms with Crippen LogP contribution in [0.15, 0.2) is 60.7 Å². The third-order valence-corrected chi connectivity index (χ3v) is 4.63. The standard InChI is InChI=1S/C24H31N3O4/c1-23(2,3)31-22(30)26-19(15-17-11-7-5-8-12-17)20(28)27-24(4,21(25)29)16-18-13-9-6-10-14-18/h5-14,19H,15-16H2,1-4H3,(H2,25,29)(H,26,30)(H,27,28)/t19-,24+/m1/s1. The number of hydrogen-bond acceptors (Lipinski definition) is 4. The summed E-state index contributed by atoms with van der Waals surface area (Å²) in [6, 6.07) is 17.6. The summed E-state index contributed by atoms with van der Waals surface area (Å²) in [5.41, 5.74) is 5.29. The topological polar surface area (TPSA) is 111 Å². The zero-order valence-electron chi connectivity index (χ0n) is 18.5. The molecule has 0 bridgehead atoms. The summed E-state index contributed by atoms with van der Waals surface area (Å²) in [6.07, 6.45) is -0.265. The van der Waals surface area contributed by atoms with Gasteiger partial charge in [-0.05, 0) is 38.8 Å². The van der Waals surface area contributed by atoms with E-state index in [1.54, 1.807) is 27.7 Å². The molecule has 31 heavy (non-hydrogen) atoms. The molecule has 0 saturated carbocycles. The molecule has 2 aromatic rings. The molecule has 0 aliphatic heterocycles. The highest BCUT2D eigenvalue weighted by Gasteiger charge is 2.36. The van der Waals surface area contributed by atoms with Gasteiger partial charge >= 0.3 is 6.09 Å². The van der Waals surface area contributed by atoms with Crippen molar-refractivity contribution >= 4 is 17.9 Å². The number of primary amides is 1. The molecule has 7 heteroatoms. The van der Waals surface area contributed by atoms with Gasteiger partial charge in [0.2, 0.25) is 11.8 Å². The average Bonchev–Trinajstić information content (AvgIpc) is 2.67. The second-order valence-electron chi connectivity index (χ2n) is 8.74. The molecule has 0 aromatic heterocycles. The zero-order valence-corrected chi connectivity index (χ0v) is 18.5. The maximum atomic E-state index is 13.2. The number of alkyl carbamates (subject to hydrolysis) is 1. The minimum absolute atomic E-state index is 0.222. The van der Waals surface area contributed by atoms with E-state index in [1.165, 1.54) is 0 Å². The van der Waals surface area contributed by atoms with Gasteiger partial charge in [0.05, 0.1) is 0 Å². The van der Waals surface area contributed by atoms with Gasteiger partial charge in [0.1, 0.15) is 17.2 Å². The number of nitrogens with one attached hydrogen (secondary N) is 2. The number of rotatable bonds is 8. The Morgan fingerprint density at radius 2 is 1.42 bits per heavy atom. The summed E-state index contributed by atoms with van der Waals surface area (Å²) in [7, 11) is 0. The molecule has 7 nitrogen and oxygen atoms in total. The van der Waals surface area contributed by atoms with E-state index in [4.69, 9.17) is 10.5 Å². The molecular weight excluding hydrogens is 394 g/mol. The Labute approximate surface area is 183 Å². The van der Waals surface area contributed by atoms with E-state index in [9.17, 15) is 14.4 Å². The molecular formula is C24H31N3O4. The fourth-order valence-corrected chi connectivity index (χ4v) is 3.06. The third kappa shape index (κ3) is 7.77. The molecule has 0 aliphatic carbocycles. The summed E-state index contributed by atoms with van der Waals surface area (Å²) in [5, 5.41) is 5.37. The first-order valence-electron chi connectivity index (χ1n) is 10.2. The summed E-state index contributed by atoms with van der Waals surface area (Å²) in [6.45, 7) is 6.79. The normalized spacial score (nSPS) is 14.1. The van der Waals surface area contributed by atoms with Crippen molar-refractivity contribution in [2.24, 2.45) is 5.73 Å². The highest BCUT2D eigenvalue weighted by molar-refractivity contribution is 5.93. The lowest BCUT2D eigenvalue weighted by molar-refractivity contribution is -0.132. The summed E-state index contributed by atoms with van der Waals surface area (Å²) >= 11 is 0. The molecule has 4 N–H and O–H groups in total. The van der Waals surface area contributed by atoms with Crippen LogP contribution < -0.4 is 16.4 Å². The van der Waals surface area contributed by atoms with Gasteiger partial charge < -0.3 is 21.1 Å². The quantitative estimate of drug-likeness (QED) is 0.604. The molecule has 0 unspecified atom stereocenters. The van der Waals surface area contributed by atoms with Crippen molar-refractivity contribution < 1.29 is 19.1 Å². The van der Waals surface area contributed by atoms with Gasteiger partial charge in [0.15, 0.2) is 0 Å². The molecule has 2 rings (SSSR count). The smallest absolute Gasteiger partial charge is 0.408 e. The molecule has 0 radical (unpaired) electrons. The highest BCUT2D eigenvalue weighted by atomic mass is 16.6. The van der Waals surface area contributed by atoms with Crippen molar-refractivity contribution in [1.29, 1.82) is 0 Å². The van der Waals surface area contributed by atoms with Crippen LogP contribution in [0.25, 0.3) is 0 Å². The predicted molar refractivity (Wildman–Crippen MR) is 119 cm³/mol. The van der Waals surface area contributed by atoms with Crippen molar-refractivity contribution in [3.05, 3.63) is 71.8 Å². The van der Waals surface area contributed by atoms with E-state index in [0.717, 1.165) is 11.1 Å². The SMILES string of the molecule is CC(C)(C)OC(=O)N[C@H](Cc1ccccc1)C(=O)N[C@@](C)(Cc1ccccc1)C(N)=O. The largest absolute Gasteiger partial charge is 0.444 e. The zero-order chi connectivity index (χ0) is 23.1. The Hall–Kier alpha value is -3.35. The van der Waals surface area contributed by atoms with Crippen LogP contribution in [-0.4, -0.2) is 35.1 Å². The Kier molecular flexibility index (Phi) is 7.80. The van der Waals surface area contributed by atoms with E-state index >= 15 is 0 Å². The first-order chi connectivity index (χ1) is 14.5. The number of hydrogen-bond donors (Lipinski definition) is 3. The number of benzene rings is 2. The Morgan fingerprint density at radius 1 is 0.903 bits per heavy atom. The summed E-state index contributed by atoms with van der Waals surface area (Å²) < 4.78 is 5.31. The molecule has 0 fully saturated rings. The number of ether oxygens (including phenoxy) is 1. The van der Waals surface area contributed by atoms with Crippen molar-refractivity contribution in [2.75, 3.05) is 0 Å². The van der Waals surface area contributed by atoms with Gasteiger partial charge in [-0.2, -0.15) is 0 Å². The van der Waals surface area contributed by atoms with Crippen molar-refractivity contribution in [3.63, 3.8) is 0 Å². The van der Waals surface area contributed by atoms with Gasteiger partial charge in [-0.1, -0.05) is 60.7 Å². The van der Waals surface area contributed by atoms with Crippen LogP contribution in [0.2, 0.25) is 0 Å². The van der Waals surface area contributed by atoms with Crippen molar-refractivity contribution in [2.45, 2.75) is 57.7 Å².